The minimum Gasteiger partial charge on any atom is -0.399 e. The summed E-state index contributed by atoms with van der Waals surface area (Å²) in [5.41, 5.74) is 6.32. The molecular weight excluding hydrogens is 224 g/mol. The number of nitrogens with two attached hydrogens (primary N) is 1. The van der Waals surface area contributed by atoms with E-state index in [1.54, 1.807) is 12.1 Å². The van der Waals surface area contributed by atoms with E-state index in [1.807, 2.05) is 0 Å². The minimum atomic E-state index is 0.434. The third kappa shape index (κ3) is 3.25. The van der Waals surface area contributed by atoms with Crippen LogP contribution in [0.2, 0.25) is 5.15 Å². The van der Waals surface area contributed by atoms with Crippen molar-refractivity contribution in [2.45, 2.75) is 12.8 Å². The number of anilines is 2. The maximum atomic E-state index is 5.81. The molecule has 3 N–H and O–H groups in total. The zero-order chi connectivity index (χ0) is 11.4. The van der Waals surface area contributed by atoms with E-state index in [9.17, 15) is 0 Å². The van der Waals surface area contributed by atoms with E-state index in [1.165, 1.54) is 25.9 Å². The van der Waals surface area contributed by atoms with Gasteiger partial charge in [0.05, 0.1) is 0 Å². The van der Waals surface area contributed by atoms with E-state index in [4.69, 9.17) is 17.3 Å². The number of pyridine rings is 1. The summed E-state index contributed by atoms with van der Waals surface area (Å²) in [7, 11) is 0. The fourth-order valence-electron chi connectivity index (χ4n) is 1.96. The Bertz CT molecular complexity index is 330. The Hall–Kier alpha value is -1.00. The van der Waals surface area contributed by atoms with Crippen molar-refractivity contribution in [2.75, 3.05) is 37.2 Å². The Morgan fingerprint density at radius 3 is 2.81 bits per heavy atom. The largest absolute Gasteiger partial charge is 0.399 e. The predicted octanol–water partition coefficient (Wildman–Crippen LogP) is 1.82. The first-order valence-corrected chi connectivity index (χ1v) is 6.01. The molecule has 0 spiro atoms. The van der Waals surface area contributed by atoms with Gasteiger partial charge in [0, 0.05) is 24.8 Å². The topological polar surface area (TPSA) is 54.2 Å². The smallest absolute Gasteiger partial charge is 0.133 e. The van der Waals surface area contributed by atoms with Crippen LogP contribution in [-0.4, -0.2) is 36.1 Å². The lowest BCUT2D eigenvalue weighted by Gasteiger charge is -2.15. The van der Waals surface area contributed by atoms with Crippen molar-refractivity contribution < 1.29 is 0 Å². The molecule has 0 saturated carbocycles. The van der Waals surface area contributed by atoms with Crippen molar-refractivity contribution in [3.05, 3.63) is 17.3 Å². The van der Waals surface area contributed by atoms with Crippen molar-refractivity contribution in [3.8, 4) is 0 Å². The second kappa shape index (κ2) is 5.37. The molecule has 1 fully saturated rings. The molecule has 5 heteroatoms. The standard InChI is InChI=1S/C11H17ClN4/c12-10-7-9(13)8-11(15-10)14-3-6-16-4-1-2-5-16/h7-8H,1-6H2,(H3,13,14,15). The number of nitrogen functional groups attached to an aromatic ring is 1. The Labute approximate surface area is 101 Å². The summed E-state index contributed by atoms with van der Waals surface area (Å²) in [5, 5.41) is 3.67. The van der Waals surface area contributed by atoms with Gasteiger partial charge in [-0.25, -0.2) is 4.98 Å². The number of hydrogen-bond acceptors (Lipinski definition) is 4. The number of hydrogen-bond donors (Lipinski definition) is 2. The van der Waals surface area contributed by atoms with Crippen LogP contribution in [0.25, 0.3) is 0 Å². The van der Waals surface area contributed by atoms with Crippen LogP contribution in [0.5, 0.6) is 0 Å². The maximum Gasteiger partial charge on any atom is 0.133 e. The van der Waals surface area contributed by atoms with Crippen molar-refractivity contribution in [1.82, 2.24) is 9.88 Å². The molecule has 16 heavy (non-hydrogen) atoms. The first-order valence-electron chi connectivity index (χ1n) is 5.63. The fraction of sp³-hybridized carbons (Fsp3) is 0.545. The summed E-state index contributed by atoms with van der Waals surface area (Å²) >= 11 is 5.81. The summed E-state index contributed by atoms with van der Waals surface area (Å²) < 4.78 is 0. The van der Waals surface area contributed by atoms with Gasteiger partial charge >= 0.3 is 0 Å². The van der Waals surface area contributed by atoms with Gasteiger partial charge in [-0.3, -0.25) is 0 Å². The molecule has 1 aliphatic rings. The predicted molar refractivity (Wildman–Crippen MR) is 67.8 cm³/mol. The second-order valence-electron chi connectivity index (χ2n) is 4.08. The van der Waals surface area contributed by atoms with E-state index in [0.717, 1.165) is 18.9 Å². The van der Waals surface area contributed by atoms with Crippen LogP contribution in [-0.2, 0) is 0 Å². The molecule has 0 aliphatic carbocycles. The number of nitrogens with one attached hydrogen (secondary N) is 1. The zero-order valence-electron chi connectivity index (χ0n) is 9.25. The van der Waals surface area contributed by atoms with E-state index in [-0.39, 0.29) is 0 Å². The third-order valence-corrected chi connectivity index (χ3v) is 2.94. The number of halogens is 1. The van der Waals surface area contributed by atoms with Crippen molar-refractivity contribution >= 4 is 23.1 Å². The minimum absolute atomic E-state index is 0.434. The monoisotopic (exact) mass is 240 g/mol. The summed E-state index contributed by atoms with van der Waals surface area (Å²) in [6, 6.07) is 3.45. The van der Waals surface area contributed by atoms with E-state index >= 15 is 0 Å². The quantitative estimate of drug-likeness (QED) is 0.789. The Balaban J connectivity index is 1.80. The summed E-state index contributed by atoms with van der Waals surface area (Å²) in [5.74, 6) is 0.754. The average Bonchev–Trinajstić information content (AvgIpc) is 2.69. The summed E-state index contributed by atoms with van der Waals surface area (Å²) in [4.78, 5) is 6.60. The van der Waals surface area contributed by atoms with Gasteiger partial charge in [0.15, 0.2) is 0 Å². The molecule has 0 aromatic carbocycles. The van der Waals surface area contributed by atoms with E-state index < -0.39 is 0 Å². The summed E-state index contributed by atoms with van der Waals surface area (Å²) in [6.07, 6.45) is 2.64. The fourth-order valence-corrected chi connectivity index (χ4v) is 2.17. The summed E-state index contributed by atoms with van der Waals surface area (Å²) in [6.45, 7) is 4.36. The highest BCUT2D eigenvalue weighted by atomic mass is 35.5. The van der Waals surface area contributed by atoms with Gasteiger partial charge in [-0.05, 0) is 32.0 Å². The number of nitrogens with zero attached hydrogens (tertiary/aromatic N) is 2. The normalized spacial score (nSPS) is 16.6. The molecular formula is C11H17ClN4. The highest BCUT2D eigenvalue weighted by Crippen LogP contribution is 2.15. The zero-order valence-corrected chi connectivity index (χ0v) is 10.0. The van der Waals surface area contributed by atoms with Gasteiger partial charge < -0.3 is 16.0 Å². The molecule has 0 radical (unpaired) electrons. The van der Waals surface area contributed by atoms with Crippen LogP contribution in [0, 0.1) is 0 Å². The van der Waals surface area contributed by atoms with Crippen molar-refractivity contribution in [1.29, 1.82) is 0 Å². The average molecular weight is 241 g/mol. The van der Waals surface area contributed by atoms with Gasteiger partial charge in [-0.15, -0.1) is 0 Å². The first kappa shape index (κ1) is 11.5. The lowest BCUT2D eigenvalue weighted by molar-refractivity contribution is 0.352. The van der Waals surface area contributed by atoms with Crippen molar-refractivity contribution in [2.24, 2.45) is 0 Å². The molecule has 0 bridgehead atoms. The van der Waals surface area contributed by atoms with E-state index in [2.05, 4.69) is 15.2 Å². The van der Waals surface area contributed by atoms with Gasteiger partial charge in [-0.1, -0.05) is 11.6 Å². The molecule has 4 nitrogen and oxygen atoms in total. The van der Waals surface area contributed by atoms with Crippen molar-refractivity contribution in [3.63, 3.8) is 0 Å². The highest BCUT2D eigenvalue weighted by Gasteiger charge is 2.10. The first-order chi connectivity index (χ1) is 7.74. The van der Waals surface area contributed by atoms with Crippen LogP contribution in [0.1, 0.15) is 12.8 Å². The molecule has 0 amide bonds. The molecule has 2 rings (SSSR count). The Kier molecular flexibility index (Phi) is 3.85. The molecule has 0 atom stereocenters. The number of rotatable bonds is 4. The van der Waals surface area contributed by atoms with Gasteiger partial charge in [0.2, 0.25) is 0 Å². The maximum absolute atomic E-state index is 5.81. The molecule has 0 unspecified atom stereocenters. The number of aromatic nitrogens is 1. The molecule has 1 aromatic heterocycles. The lowest BCUT2D eigenvalue weighted by Crippen LogP contribution is -2.26. The van der Waals surface area contributed by atoms with Gasteiger partial charge in [-0.2, -0.15) is 0 Å². The second-order valence-corrected chi connectivity index (χ2v) is 4.47. The Morgan fingerprint density at radius 2 is 2.12 bits per heavy atom. The van der Waals surface area contributed by atoms with Crippen LogP contribution in [0.15, 0.2) is 12.1 Å². The molecule has 2 heterocycles. The van der Waals surface area contributed by atoms with Crippen LogP contribution in [0.3, 0.4) is 0 Å². The Morgan fingerprint density at radius 1 is 1.38 bits per heavy atom. The molecule has 1 saturated heterocycles. The number of likely N-dealkylation sites (tertiary alicyclic amines) is 1. The van der Waals surface area contributed by atoms with Gasteiger partial charge in [0.1, 0.15) is 11.0 Å². The third-order valence-electron chi connectivity index (χ3n) is 2.75. The van der Waals surface area contributed by atoms with E-state index in [0.29, 0.717) is 10.8 Å². The van der Waals surface area contributed by atoms with Crippen LogP contribution < -0.4 is 11.1 Å². The highest BCUT2D eigenvalue weighted by molar-refractivity contribution is 6.29. The lowest BCUT2D eigenvalue weighted by atomic mass is 10.4. The SMILES string of the molecule is Nc1cc(Cl)nc(NCCN2CCCC2)c1. The van der Waals surface area contributed by atoms with Crippen LogP contribution >= 0.6 is 11.6 Å². The molecule has 1 aliphatic heterocycles. The molecule has 88 valence electrons. The van der Waals surface area contributed by atoms with Crippen LogP contribution in [0.4, 0.5) is 11.5 Å². The van der Waals surface area contributed by atoms with Gasteiger partial charge in [0.25, 0.3) is 0 Å². The molecule has 1 aromatic rings.